The molecule has 6 heteroatoms. The smallest absolute Gasteiger partial charge is 0.311 e. The standard InChI is InChI=1S/C10H14O4S2/c1-13-8(11)6-7(9(12)14-2)10(6)15-4-3-5-16-10/h6-7H,3-5H2,1-2H3/t6-,7-/m1/s1. The normalized spacial score (nSPS) is 30.9. The van der Waals surface area contributed by atoms with Crippen LogP contribution in [0.4, 0.5) is 0 Å². The summed E-state index contributed by atoms with van der Waals surface area (Å²) in [5, 5.41) is 0. The van der Waals surface area contributed by atoms with Gasteiger partial charge >= 0.3 is 11.9 Å². The largest absolute Gasteiger partial charge is 0.469 e. The van der Waals surface area contributed by atoms with E-state index in [1.165, 1.54) is 14.2 Å². The van der Waals surface area contributed by atoms with Crippen molar-refractivity contribution >= 4 is 35.5 Å². The molecular weight excluding hydrogens is 248 g/mol. The van der Waals surface area contributed by atoms with E-state index in [-0.39, 0.29) is 27.9 Å². The maximum atomic E-state index is 11.6. The van der Waals surface area contributed by atoms with E-state index in [4.69, 9.17) is 9.47 Å². The minimum Gasteiger partial charge on any atom is -0.469 e. The van der Waals surface area contributed by atoms with Crippen molar-refractivity contribution in [3.8, 4) is 0 Å². The lowest BCUT2D eigenvalue weighted by Gasteiger charge is -2.21. The van der Waals surface area contributed by atoms with Crippen LogP contribution in [-0.2, 0) is 19.1 Å². The Balaban J connectivity index is 2.16. The second kappa shape index (κ2) is 4.49. The summed E-state index contributed by atoms with van der Waals surface area (Å²) in [5.74, 6) is 0.734. The molecule has 0 aromatic carbocycles. The van der Waals surface area contributed by atoms with Crippen LogP contribution in [-0.4, -0.2) is 41.7 Å². The summed E-state index contributed by atoms with van der Waals surface area (Å²) < 4.78 is 9.20. The molecule has 2 fully saturated rings. The van der Waals surface area contributed by atoms with Crippen LogP contribution in [0.5, 0.6) is 0 Å². The number of rotatable bonds is 2. The number of esters is 2. The predicted molar refractivity (Wildman–Crippen MR) is 63.3 cm³/mol. The van der Waals surface area contributed by atoms with Crippen molar-refractivity contribution in [2.45, 2.75) is 10.5 Å². The van der Waals surface area contributed by atoms with Gasteiger partial charge in [0.1, 0.15) is 0 Å². The van der Waals surface area contributed by atoms with Gasteiger partial charge in [-0.2, -0.15) is 0 Å². The molecule has 1 spiro atoms. The first-order valence-electron chi connectivity index (χ1n) is 5.11. The van der Waals surface area contributed by atoms with Gasteiger partial charge in [-0.3, -0.25) is 9.59 Å². The fourth-order valence-electron chi connectivity index (χ4n) is 2.12. The number of methoxy groups -OCH3 is 2. The lowest BCUT2D eigenvalue weighted by molar-refractivity contribution is -0.148. The van der Waals surface area contributed by atoms with Crippen molar-refractivity contribution in [2.75, 3.05) is 25.7 Å². The molecule has 1 aliphatic carbocycles. The average Bonchev–Trinajstić information content (AvgIpc) is 2.96. The van der Waals surface area contributed by atoms with Crippen LogP contribution < -0.4 is 0 Å². The fourth-order valence-corrected chi connectivity index (χ4v) is 5.86. The van der Waals surface area contributed by atoms with Gasteiger partial charge in [-0.1, -0.05) is 0 Å². The first-order chi connectivity index (χ1) is 7.67. The van der Waals surface area contributed by atoms with Crippen LogP contribution in [0.1, 0.15) is 6.42 Å². The molecule has 90 valence electrons. The highest BCUT2D eigenvalue weighted by molar-refractivity contribution is 8.19. The minimum absolute atomic E-state index is 0.294. The molecule has 1 saturated heterocycles. The van der Waals surface area contributed by atoms with Crippen LogP contribution in [0.3, 0.4) is 0 Å². The number of carbonyl (C=O) groups is 2. The Morgan fingerprint density at radius 1 is 1.06 bits per heavy atom. The number of carbonyl (C=O) groups excluding carboxylic acids is 2. The number of hydrogen-bond donors (Lipinski definition) is 0. The van der Waals surface area contributed by atoms with Gasteiger partial charge in [-0.25, -0.2) is 0 Å². The van der Waals surface area contributed by atoms with Crippen LogP contribution in [0, 0.1) is 11.8 Å². The molecule has 0 radical (unpaired) electrons. The summed E-state index contributed by atoms with van der Waals surface area (Å²) in [4.78, 5) is 23.2. The predicted octanol–water partition coefficient (Wildman–Crippen LogP) is 1.14. The van der Waals surface area contributed by atoms with E-state index in [0.717, 1.165) is 17.9 Å². The minimum atomic E-state index is -0.333. The summed E-state index contributed by atoms with van der Waals surface area (Å²) in [6, 6.07) is 0. The van der Waals surface area contributed by atoms with Crippen molar-refractivity contribution in [3.05, 3.63) is 0 Å². The second-order valence-corrected chi connectivity index (χ2v) is 6.78. The molecule has 0 unspecified atom stereocenters. The van der Waals surface area contributed by atoms with Gasteiger partial charge in [0.2, 0.25) is 0 Å². The van der Waals surface area contributed by atoms with Crippen LogP contribution in [0.25, 0.3) is 0 Å². The third-order valence-corrected chi connectivity index (χ3v) is 6.56. The van der Waals surface area contributed by atoms with E-state index >= 15 is 0 Å². The highest BCUT2D eigenvalue weighted by atomic mass is 32.2. The zero-order valence-corrected chi connectivity index (χ0v) is 10.9. The van der Waals surface area contributed by atoms with E-state index < -0.39 is 0 Å². The highest BCUT2D eigenvalue weighted by Crippen LogP contribution is 2.68. The first kappa shape index (κ1) is 12.1. The molecular formula is C10H14O4S2. The van der Waals surface area contributed by atoms with E-state index in [9.17, 15) is 9.59 Å². The third kappa shape index (κ3) is 1.72. The zero-order valence-electron chi connectivity index (χ0n) is 9.23. The van der Waals surface area contributed by atoms with E-state index in [1.54, 1.807) is 23.5 Å². The molecule has 0 aromatic rings. The second-order valence-electron chi connectivity index (χ2n) is 3.77. The maximum absolute atomic E-state index is 11.6. The van der Waals surface area contributed by atoms with Crippen molar-refractivity contribution < 1.29 is 19.1 Å². The third-order valence-electron chi connectivity index (χ3n) is 2.95. The quantitative estimate of drug-likeness (QED) is 0.696. The van der Waals surface area contributed by atoms with Gasteiger partial charge in [-0.15, -0.1) is 23.5 Å². The SMILES string of the molecule is COC(=O)[C@H]1[C@H](C(=O)OC)C12SCCCS2. The Hall–Kier alpha value is -0.360. The van der Waals surface area contributed by atoms with Gasteiger partial charge in [0, 0.05) is 0 Å². The van der Waals surface area contributed by atoms with Gasteiger partial charge in [0.15, 0.2) is 0 Å². The molecule has 2 atom stereocenters. The summed E-state index contributed by atoms with van der Waals surface area (Å²) >= 11 is 3.39. The lowest BCUT2D eigenvalue weighted by Crippen LogP contribution is -2.17. The Labute approximate surface area is 103 Å². The lowest BCUT2D eigenvalue weighted by atomic mass is 10.3. The van der Waals surface area contributed by atoms with Crippen molar-refractivity contribution in [1.29, 1.82) is 0 Å². The molecule has 4 nitrogen and oxygen atoms in total. The summed E-state index contributed by atoms with van der Waals surface area (Å²) in [6.45, 7) is 0. The maximum Gasteiger partial charge on any atom is 0.311 e. The van der Waals surface area contributed by atoms with Crippen LogP contribution in [0.2, 0.25) is 0 Å². The van der Waals surface area contributed by atoms with E-state index in [1.807, 2.05) is 0 Å². The molecule has 0 N–H and O–H groups in total. The van der Waals surface area contributed by atoms with Gasteiger partial charge in [0.25, 0.3) is 0 Å². The van der Waals surface area contributed by atoms with Crippen molar-refractivity contribution in [2.24, 2.45) is 11.8 Å². The Morgan fingerprint density at radius 3 is 1.88 bits per heavy atom. The number of ether oxygens (including phenoxy) is 2. The van der Waals surface area contributed by atoms with Gasteiger partial charge < -0.3 is 9.47 Å². The average molecular weight is 262 g/mol. The molecule has 0 amide bonds. The van der Waals surface area contributed by atoms with Gasteiger partial charge in [-0.05, 0) is 17.9 Å². The molecule has 2 rings (SSSR count). The molecule has 0 bridgehead atoms. The molecule has 1 saturated carbocycles. The summed E-state index contributed by atoms with van der Waals surface area (Å²) in [5.41, 5.74) is 0. The Morgan fingerprint density at radius 2 is 1.50 bits per heavy atom. The zero-order chi connectivity index (χ0) is 11.8. The van der Waals surface area contributed by atoms with E-state index in [0.29, 0.717) is 0 Å². The molecule has 1 aliphatic heterocycles. The number of hydrogen-bond acceptors (Lipinski definition) is 6. The highest BCUT2D eigenvalue weighted by Gasteiger charge is 2.74. The number of thioether (sulfide) groups is 2. The van der Waals surface area contributed by atoms with Crippen LogP contribution >= 0.6 is 23.5 Å². The Bertz CT molecular complexity index is 288. The van der Waals surface area contributed by atoms with Crippen molar-refractivity contribution in [1.82, 2.24) is 0 Å². The fraction of sp³-hybridized carbons (Fsp3) is 0.800. The topological polar surface area (TPSA) is 52.6 Å². The Kier molecular flexibility index (Phi) is 3.39. The van der Waals surface area contributed by atoms with Crippen LogP contribution in [0.15, 0.2) is 0 Å². The first-order valence-corrected chi connectivity index (χ1v) is 7.08. The molecule has 16 heavy (non-hydrogen) atoms. The molecule has 2 aliphatic rings. The van der Waals surface area contributed by atoms with E-state index in [2.05, 4.69) is 0 Å². The summed E-state index contributed by atoms with van der Waals surface area (Å²) in [7, 11) is 2.72. The molecule has 0 aromatic heterocycles. The van der Waals surface area contributed by atoms with Crippen molar-refractivity contribution in [3.63, 3.8) is 0 Å². The summed E-state index contributed by atoms with van der Waals surface area (Å²) in [6.07, 6.45) is 1.12. The van der Waals surface area contributed by atoms with Gasteiger partial charge in [0.05, 0.1) is 30.1 Å². The molecule has 1 heterocycles. The monoisotopic (exact) mass is 262 g/mol.